The van der Waals surface area contributed by atoms with Gasteiger partial charge >= 0.3 is 1.43 Å². The number of benzene rings is 4. The quantitative estimate of drug-likeness (QED) is 0.119. The van der Waals surface area contributed by atoms with E-state index in [-0.39, 0.29) is 7.21 Å². The van der Waals surface area contributed by atoms with Crippen molar-refractivity contribution in [2.24, 2.45) is 0 Å². The highest BCUT2D eigenvalue weighted by atomic mass is 17.1. The van der Waals surface area contributed by atoms with Crippen molar-refractivity contribution in [3.05, 3.63) is 161 Å². The maximum absolute atomic E-state index is 9.81. The first-order valence-corrected chi connectivity index (χ1v) is 15.6. The van der Waals surface area contributed by atoms with Gasteiger partial charge in [-0.05, 0) is 62.3 Å². The zero-order chi connectivity index (χ0) is 35.5. The molecular formula is C40H57O6+. The van der Waals surface area contributed by atoms with E-state index in [9.17, 15) is 4.79 Å². The molecule has 0 fully saturated rings. The van der Waals surface area contributed by atoms with E-state index < -0.39 is 5.60 Å². The highest BCUT2D eigenvalue weighted by molar-refractivity contribution is 5.74. The van der Waals surface area contributed by atoms with Crippen molar-refractivity contribution in [2.75, 3.05) is 0 Å². The summed E-state index contributed by atoms with van der Waals surface area (Å²) in [5.41, 5.74) is 1.88. The Balaban J connectivity index is -0.000000241. The summed E-state index contributed by atoms with van der Waals surface area (Å²) in [6.45, 7) is 17.3. The number of carbonyl (C=O) groups excluding carboxylic acids is 1. The predicted molar refractivity (Wildman–Crippen MR) is 197 cm³/mol. The standard InChI is InChI=1S/C10H14O2.C10H14.C6H6O.C6H6.C4H8O.C4H8.O2/c1-3-10(2,12-11)9-7-5-4-6-8-9;1-3-9(2)10-7-5-4-6-8-10;7-6-4-2-1-3-5-6;1-2-4-6-5-3-1;1-3-4(2)5;1-3-4-2;1-2/h4-8,11H,3H2,1-2H3;4-9H,3H2,1-2H3;1-5,7H;1-6H;3H2,1-2H3;3H,1,4H2,2H3;/p+1. The third kappa shape index (κ3) is 27.2. The third-order valence-electron chi connectivity index (χ3n) is 6.45. The van der Waals surface area contributed by atoms with Crippen LogP contribution in [-0.2, 0) is 15.3 Å². The van der Waals surface area contributed by atoms with Crippen LogP contribution in [0.4, 0.5) is 0 Å². The van der Waals surface area contributed by atoms with Gasteiger partial charge in [-0.3, -0.25) is 5.26 Å². The number of hydrogen-bond donors (Lipinski definition) is 2. The molecule has 0 aliphatic carbocycles. The fraction of sp³-hybridized carbons (Fsp3) is 0.325. The van der Waals surface area contributed by atoms with Gasteiger partial charge in [0.05, 0.1) is 0 Å². The summed E-state index contributed by atoms with van der Waals surface area (Å²) in [5, 5.41) is 17.4. The minimum Gasteiger partial charge on any atom is -0.508 e. The topological polar surface area (TPSA) is 101 Å². The van der Waals surface area contributed by atoms with Crippen molar-refractivity contribution < 1.29 is 21.5 Å². The van der Waals surface area contributed by atoms with Crippen LogP contribution in [0.3, 0.4) is 0 Å². The van der Waals surface area contributed by atoms with Crippen molar-refractivity contribution >= 4 is 5.78 Å². The number of para-hydroxylation sites is 1. The Morgan fingerprint density at radius 2 is 1.11 bits per heavy atom. The first-order valence-electron chi connectivity index (χ1n) is 15.6. The average molecular weight is 634 g/mol. The van der Waals surface area contributed by atoms with Crippen LogP contribution in [-0.4, -0.2) is 16.1 Å². The van der Waals surface area contributed by atoms with E-state index in [0.717, 1.165) is 18.4 Å². The molecule has 0 radical (unpaired) electrons. The Labute approximate surface area is 279 Å². The van der Waals surface area contributed by atoms with Crippen LogP contribution in [0.15, 0.2) is 140 Å². The first-order chi connectivity index (χ1) is 22.1. The summed E-state index contributed by atoms with van der Waals surface area (Å²) in [6.07, 6.45) is 5.59. The van der Waals surface area contributed by atoms with E-state index in [4.69, 9.17) is 20.3 Å². The molecule has 0 aliphatic rings. The van der Waals surface area contributed by atoms with Gasteiger partial charge in [-0.2, -0.15) is 0 Å². The molecule has 0 amide bonds. The fourth-order valence-electron chi connectivity index (χ4n) is 2.94. The summed E-state index contributed by atoms with van der Waals surface area (Å²) in [7, 11) is 0. The molecule has 6 heteroatoms. The Kier molecular flexibility index (Phi) is 33.5. The van der Waals surface area contributed by atoms with Gasteiger partial charge in [-0.15, -0.1) is 6.58 Å². The van der Waals surface area contributed by atoms with Gasteiger partial charge in [-0.25, -0.2) is 4.89 Å². The van der Waals surface area contributed by atoms with Crippen LogP contribution in [0.5, 0.6) is 5.75 Å². The van der Waals surface area contributed by atoms with E-state index in [0.29, 0.717) is 18.1 Å². The van der Waals surface area contributed by atoms with E-state index in [1.807, 2.05) is 99.6 Å². The second-order valence-electron chi connectivity index (χ2n) is 10.0. The fourth-order valence-corrected chi connectivity index (χ4v) is 2.94. The molecule has 252 valence electrons. The first kappa shape index (κ1) is 46.0. The summed E-state index contributed by atoms with van der Waals surface area (Å²) in [4.78, 5) is 28.3. The van der Waals surface area contributed by atoms with Crippen LogP contribution < -0.4 is 0 Å². The van der Waals surface area contributed by atoms with Crippen LogP contribution in [0.2, 0.25) is 0 Å². The predicted octanol–water partition coefficient (Wildman–Crippen LogP) is 11.8. The second kappa shape index (κ2) is 33.5. The molecule has 2 N–H and O–H groups in total. The van der Waals surface area contributed by atoms with Gasteiger partial charge in [0, 0.05) is 16.4 Å². The SMILES string of the molecule is C=CCC.CCC(C)(OO)c1ccccc1.CCC(C)=O.CCC(C)c1ccccc1.O=O.Oc1ccccc1.[H+].c1ccccc1. The van der Waals surface area contributed by atoms with E-state index in [2.05, 4.69) is 62.6 Å². The molecule has 4 aromatic rings. The maximum Gasteiger partial charge on any atom is 1.00 e. The largest absolute Gasteiger partial charge is 1.00 e. The monoisotopic (exact) mass is 633 g/mol. The van der Waals surface area contributed by atoms with Crippen molar-refractivity contribution in [1.29, 1.82) is 0 Å². The summed E-state index contributed by atoms with van der Waals surface area (Å²) >= 11 is 0. The number of carbonyl (C=O) groups is 1. The van der Waals surface area contributed by atoms with E-state index >= 15 is 0 Å². The van der Waals surface area contributed by atoms with Crippen LogP contribution in [0.1, 0.15) is 92.6 Å². The smallest absolute Gasteiger partial charge is 0.508 e. The molecule has 0 saturated heterocycles. The molecule has 2 atom stereocenters. The Hall–Kier alpha value is -4.39. The molecule has 46 heavy (non-hydrogen) atoms. The summed E-state index contributed by atoms with van der Waals surface area (Å²) in [5.74, 6) is 1.29. The Morgan fingerprint density at radius 1 is 0.783 bits per heavy atom. The molecule has 4 rings (SSSR count). The summed E-state index contributed by atoms with van der Waals surface area (Å²) in [6, 6.07) is 41.0. The van der Waals surface area contributed by atoms with Crippen molar-refractivity contribution in [3.63, 3.8) is 0 Å². The number of phenols is 1. The number of aromatic hydroxyl groups is 1. The molecule has 0 spiro atoms. The van der Waals surface area contributed by atoms with Crippen LogP contribution in [0.25, 0.3) is 0 Å². The lowest BCUT2D eigenvalue weighted by Crippen LogP contribution is -2.23. The number of ketones is 1. The van der Waals surface area contributed by atoms with E-state index in [1.54, 1.807) is 31.2 Å². The molecule has 0 bridgehead atoms. The minimum absolute atomic E-state index is 0. The average Bonchev–Trinajstić information content (AvgIpc) is 3.14. The molecule has 0 aromatic heterocycles. The highest BCUT2D eigenvalue weighted by Gasteiger charge is 2.25. The molecule has 0 aliphatic heterocycles. The lowest BCUT2D eigenvalue weighted by atomic mass is 9.94. The molecule has 0 heterocycles. The lowest BCUT2D eigenvalue weighted by Gasteiger charge is -2.24. The van der Waals surface area contributed by atoms with Crippen LogP contribution in [0, 0.1) is 9.93 Å². The van der Waals surface area contributed by atoms with E-state index in [1.165, 1.54) is 12.0 Å². The number of Topliss-reactive ketones (excluding diaryl/α,β-unsaturated/α-hetero) is 1. The van der Waals surface area contributed by atoms with Gasteiger partial charge in [0.2, 0.25) is 0 Å². The number of phenolic OH excluding ortho intramolecular Hbond substituents is 1. The molecule has 6 nitrogen and oxygen atoms in total. The number of hydrogen-bond acceptors (Lipinski definition) is 6. The van der Waals surface area contributed by atoms with Crippen molar-refractivity contribution in [2.45, 2.75) is 85.7 Å². The maximum atomic E-state index is 9.81. The van der Waals surface area contributed by atoms with Gasteiger partial charge < -0.3 is 9.90 Å². The van der Waals surface area contributed by atoms with Gasteiger partial charge in [-0.1, -0.05) is 156 Å². The Bertz CT molecular complexity index is 1150. The summed E-state index contributed by atoms with van der Waals surface area (Å²) < 4.78 is 0. The van der Waals surface area contributed by atoms with Crippen molar-refractivity contribution in [3.8, 4) is 5.75 Å². The zero-order valence-corrected chi connectivity index (χ0v) is 28.8. The van der Waals surface area contributed by atoms with Crippen molar-refractivity contribution in [1.82, 2.24) is 0 Å². The highest BCUT2D eigenvalue weighted by Crippen LogP contribution is 2.27. The molecule has 2 unspecified atom stereocenters. The molecular weight excluding hydrogens is 576 g/mol. The minimum atomic E-state index is -0.568. The second-order valence-corrected chi connectivity index (χ2v) is 10.0. The third-order valence-corrected chi connectivity index (χ3v) is 6.45. The molecule has 4 aromatic carbocycles. The normalized spacial score (nSPS) is 10.7. The van der Waals surface area contributed by atoms with Crippen LogP contribution >= 0.6 is 0 Å². The van der Waals surface area contributed by atoms with Gasteiger partial charge in [0.25, 0.3) is 0 Å². The zero-order valence-electron chi connectivity index (χ0n) is 29.8. The Morgan fingerprint density at radius 3 is 1.35 bits per heavy atom. The lowest BCUT2D eigenvalue weighted by molar-refractivity contribution is -0.324. The number of allylic oxidation sites excluding steroid dienone is 1. The van der Waals surface area contributed by atoms with Gasteiger partial charge in [0.1, 0.15) is 17.1 Å². The van der Waals surface area contributed by atoms with Gasteiger partial charge in [0.15, 0.2) is 0 Å². The molecule has 0 saturated carbocycles. The number of rotatable bonds is 7.